The summed E-state index contributed by atoms with van der Waals surface area (Å²) in [4.78, 5) is 4.49. The lowest BCUT2D eigenvalue weighted by molar-refractivity contribution is 0.724. The van der Waals surface area contributed by atoms with Gasteiger partial charge in [0.2, 0.25) is 0 Å². The molecule has 3 heteroatoms. The first-order chi connectivity index (χ1) is 10.8. The predicted octanol–water partition coefficient (Wildman–Crippen LogP) is 5.09. The lowest BCUT2D eigenvalue weighted by atomic mass is 10.1. The molecule has 2 heterocycles. The van der Waals surface area contributed by atoms with Crippen LogP contribution in [0.5, 0.6) is 0 Å². The van der Waals surface area contributed by atoms with E-state index in [1.54, 1.807) is 0 Å². The molecular formula is C19H15ClN2. The molecule has 0 amide bonds. The summed E-state index contributed by atoms with van der Waals surface area (Å²) in [6, 6.07) is 20.8. The van der Waals surface area contributed by atoms with E-state index in [2.05, 4.69) is 52.1 Å². The normalized spacial score (nSPS) is 11.3. The summed E-state index contributed by atoms with van der Waals surface area (Å²) in [5.74, 6) is 0. The maximum atomic E-state index is 6.34. The van der Waals surface area contributed by atoms with Gasteiger partial charge in [0, 0.05) is 23.5 Å². The van der Waals surface area contributed by atoms with Crippen LogP contribution in [-0.4, -0.2) is 9.55 Å². The van der Waals surface area contributed by atoms with Gasteiger partial charge in [-0.1, -0.05) is 60.1 Å². The molecule has 4 rings (SSSR count). The average Bonchev–Trinajstić information content (AvgIpc) is 2.99. The number of pyridine rings is 1. The third-order valence-electron chi connectivity index (χ3n) is 4.05. The van der Waals surface area contributed by atoms with Gasteiger partial charge in [-0.3, -0.25) is 0 Å². The van der Waals surface area contributed by atoms with Crippen LogP contribution in [0.4, 0.5) is 0 Å². The Balaban J connectivity index is 1.81. The van der Waals surface area contributed by atoms with Gasteiger partial charge in [0.25, 0.3) is 0 Å². The van der Waals surface area contributed by atoms with E-state index in [1.807, 2.05) is 24.3 Å². The Kier molecular flexibility index (Phi) is 3.32. The van der Waals surface area contributed by atoms with Gasteiger partial charge >= 0.3 is 0 Å². The Bertz CT molecular complexity index is 942. The molecule has 0 unspecified atom stereocenters. The Morgan fingerprint density at radius 2 is 1.64 bits per heavy atom. The topological polar surface area (TPSA) is 17.8 Å². The Labute approximate surface area is 134 Å². The van der Waals surface area contributed by atoms with E-state index in [-0.39, 0.29) is 0 Å². The van der Waals surface area contributed by atoms with Gasteiger partial charge in [0.05, 0.1) is 11.0 Å². The zero-order valence-electron chi connectivity index (χ0n) is 12.0. The van der Waals surface area contributed by atoms with Gasteiger partial charge in [0.15, 0.2) is 0 Å². The molecule has 0 saturated carbocycles. The molecule has 0 atom stereocenters. The van der Waals surface area contributed by atoms with Crippen molar-refractivity contribution in [2.75, 3.05) is 0 Å². The van der Waals surface area contributed by atoms with Crippen LogP contribution in [0.25, 0.3) is 21.8 Å². The van der Waals surface area contributed by atoms with Gasteiger partial charge in [-0.2, -0.15) is 0 Å². The molecule has 0 bridgehead atoms. The van der Waals surface area contributed by atoms with E-state index >= 15 is 0 Å². The van der Waals surface area contributed by atoms with Crippen molar-refractivity contribution in [2.45, 2.75) is 13.0 Å². The largest absolute Gasteiger partial charge is 0.347 e. The van der Waals surface area contributed by atoms with E-state index in [1.165, 1.54) is 11.1 Å². The van der Waals surface area contributed by atoms with E-state index in [0.717, 1.165) is 29.3 Å². The summed E-state index contributed by atoms with van der Waals surface area (Å²) in [5, 5.41) is 2.75. The number of fused-ring (bicyclic) bond motifs is 3. The van der Waals surface area contributed by atoms with Crippen molar-refractivity contribution in [3.05, 3.63) is 77.6 Å². The fourth-order valence-corrected chi connectivity index (χ4v) is 3.20. The first-order valence-corrected chi connectivity index (χ1v) is 7.78. The van der Waals surface area contributed by atoms with Gasteiger partial charge < -0.3 is 4.57 Å². The molecule has 108 valence electrons. The number of rotatable bonds is 3. The zero-order valence-corrected chi connectivity index (χ0v) is 12.8. The summed E-state index contributed by atoms with van der Waals surface area (Å²) in [7, 11) is 0. The highest BCUT2D eigenvalue weighted by atomic mass is 35.5. The van der Waals surface area contributed by atoms with E-state index in [4.69, 9.17) is 11.6 Å². The number of hydrogen-bond acceptors (Lipinski definition) is 1. The number of aromatic nitrogens is 2. The van der Waals surface area contributed by atoms with Gasteiger partial charge in [-0.05, 0) is 24.1 Å². The lowest BCUT2D eigenvalue weighted by Gasteiger charge is -2.09. The lowest BCUT2D eigenvalue weighted by Crippen LogP contribution is -2.00. The van der Waals surface area contributed by atoms with Crippen LogP contribution in [0, 0.1) is 0 Å². The molecular weight excluding hydrogens is 292 g/mol. The minimum Gasteiger partial charge on any atom is -0.347 e. The molecule has 0 spiro atoms. The van der Waals surface area contributed by atoms with E-state index < -0.39 is 0 Å². The second-order valence-electron chi connectivity index (χ2n) is 5.43. The van der Waals surface area contributed by atoms with Crippen molar-refractivity contribution in [3.63, 3.8) is 0 Å². The van der Waals surface area contributed by atoms with Crippen molar-refractivity contribution in [1.82, 2.24) is 9.55 Å². The molecule has 0 aliphatic carbocycles. The number of para-hydroxylation sites is 1. The Morgan fingerprint density at radius 3 is 2.50 bits per heavy atom. The molecule has 2 aromatic heterocycles. The molecule has 4 aromatic rings. The molecule has 2 aromatic carbocycles. The highest BCUT2D eigenvalue weighted by molar-refractivity contribution is 6.35. The van der Waals surface area contributed by atoms with Crippen LogP contribution in [0.2, 0.25) is 5.15 Å². The number of aryl methyl sites for hydroxylation is 2. The molecule has 0 aliphatic rings. The van der Waals surface area contributed by atoms with Crippen molar-refractivity contribution in [3.8, 4) is 0 Å². The summed E-state index contributed by atoms with van der Waals surface area (Å²) >= 11 is 6.34. The first kappa shape index (κ1) is 13.4. The smallest absolute Gasteiger partial charge is 0.139 e. The van der Waals surface area contributed by atoms with Gasteiger partial charge in [0.1, 0.15) is 5.15 Å². The SMILES string of the molecule is Clc1nc2ccccc2c2c1ccn2CCc1ccccc1. The van der Waals surface area contributed by atoms with Crippen LogP contribution >= 0.6 is 11.6 Å². The predicted molar refractivity (Wildman–Crippen MR) is 92.4 cm³/mol. The van der Waals surface area contributed by atoms with E-state index in [9.17, 15) is 0 Å². The highest BCUT2D eigenvalue weighted by Crippen LogP contribution is 2.30. The fraction of sp³-hybridized carbons (Fsp3) is 0.105. The number of hydrogen-bond donors (Lipinski definition) is 0. The second-order valence-corrected chi connectivity index (χ2v) is 5.78. The Hall–Kier alpha value is -2.32. The maximum Gasteiger partial charge on any atom is 0.139 e. The molecule has 0 aliphatic heterocycles. The van der Waals surface area contributed by atoms with Gasteiger partial charge in [-0.25, -0.2) is 4.98 Å². The quantitative estimate of drug-likeness (QED) is 0.482. The third-order valence-corrected chi connectivity index (χ3v) is 4.34. The second kappa shape index (κ2) is 5.47. The first-order valence-electron chi connectivity index (χ1n) is 7.40. The molecule has 0 fully saturated rings. The standard InChI is InChI=1S/C19H15ClN2/c20-19-16-11-13-22(12-10-14-6-2-1-3-7-14)18(16)15-8-4-5-9-17(15)21-19/h1-9,11,13H,10,12H2. The fourth-order valence-electron chi connectivity index (χ4n) is 2.96. The third kappa shape index (κ3) is 2.26. The summed E-state index contributed by atoms with van der Waals surface area (Å²) in [6.07, 6.45) is 3.10. The molecule has 22 heavy (non-hydrogen) atoms. The Morgan fingerprint density at radius 1 is 0.864 bits per heavy atom. The average molecular weight is 307 g/mol. The maximum absolute atomic E-state index is 6.34. The summed E-state index contributed by atoms with van der Waals surface area (Å²) in [5.41, 5.74) is 3.46. The highest BCUT2D eigenvalue weighted by Gasteiger charge is 2.10. The zero-order chi connectivity index (χ0) is 14.9. The number of benzene rings is 2. The number of halogens is 1. The summed E-state index contributed by atoms with van der Waals surface area (Å²) < 4.78 is 2.28. The molecule has 0 N–H and O–H groups in total. The van der Waals surface area contributed by atoms with Crippen LogP contribution in [0.1, 0.15) is 5.56 Å². The minimum atomic E-state index is 0.576. The monoisotopic (exact) mass is 306 g/mol. The summed E-state index contributed by atoms with van der Waals surface area (Å²) in [6.45, 7) is 0.928. The van der Waals surface area contributed by atoms with Gasteiger partial charge in [-0.15, -0.1) is 0 Å². The molecule has 2 nitrogen and oxygen atoms in total. The van der Waals surface area contributed by atoms with Crippen molar-refractivity contribution in [2.24, 2.45) is 0 Å². The van der Waals surface area contributed by atoms with Crippen molar-refractivity contribution in [1.29, 1.82) is 0 Å². The van der Waals surface area contributed by atoms with Crippen LogP contribution in [0.15, 0.2) is 66.9 Å². The van der Waals surface area contributed by atoms with Crippen molar-refractivity contribution < 1.29 is 0 Å². The van der Waals surface area contributed by atoms with Crippen LogP contribution in [-0.2, 0) is 13.0 Å². The van der Waals surface area contributed by atoms with Crippen LogP contribution < -0.4 is 0 Å². The molecule has 0 saturated heterocycles. The van der Waals surface area contributed by atoms with Crippen molar-refractivity contribution >= 4 is 33.4 Å². The van der Waals surface area contributed by atoms with E-state index in [0.29, 0.717) is 5.15 Å². The van der Waals surface area contributed by atoms with Crippen LogP contribution in [0.3, 0.4) is 0 Å². The minimum absolute atomic E-state index is 0.576. The number of nitrogens with zero attached hydrogens (tertiary/aromatic N) is 2. The molecule has 0 radical (unpaired) electrons.